The summed E-state index contributed by atoms with van der Waals surface area (Å²) in [6.07, 6.45) is 0.279. The third kappa shape index (κ3) is 3.49. The molecule has 2 aliphatic rings. The molecule has 6 heteroatoms. The molecule has 0 aromatic carbocycles. The highest BCUT2D eigenvalue weighted by atomic mass is 16.2. The summed E-state index contributed by atoms with van der Waals surface area (Å²) in [5, 5.41) is 5.43. The summed E-state index contributed by atoms with van der Waals surface area (Å²) >= 11 is 0. The summed E-state index contributed by atoms with van der Waals surface area (Å²) in [6, 6.07) is -0.324. The Morgan fingerprint density at radius 3 is 2.59 bits per heavy atom. The van der Waals surface area contributed by atoms with Gasteiger partial charge < -0.3 is 10.2 Å². The second kappa shape index (κ2) is 5.57. The molecule has 1 atom stereocenters. The van der Waals surface area contributed by atoms with Crippen LogP contribution in [0.15, 0.2) is 0 Å². The second-order valence-corrected chi connectivity index (χ2v) is 4.77. The normalized spacial score (nSPS) is 27.5. The van der Waals surface area contributed by atoms with Crippen molar-refractivity contribution in [1.82, 2.24) is 20.4 Å². The quantitative estimate of drug-likeness (QED) is 0.570. The predicted octanol–water partition coefficient (Wildman–Crippen LogP) is -1.76. The lowest BCUT2D eigenvalue weighted by molar-refractivity contribution is -0.125. The van der Waals surface area contributed by atoms with E-state index in [1.54, 1.807) is 0 Å². The van der Waals surface area contributed by atoms with Crippen molar-refractivity contribution in [2.24, 2.45) is 0 Å². The number of rotatable bonds is 4. The maximum absolute atomic E-state index is 11.3. The molecule has 6 nitrogen and oxygen atoms in total. The largest absolute Gasteiger partial charge is 0.304 e. The van der Waals surface area contributed by atoms with Gasteiger partial charge in [0.15, 0.2) is 0 Å². The van der Waals surface area contributed by atoms with E-state index in [1.807, 2.05) is 0 Å². The zero-order valence-corrected chi connectivity index (χ0v) is 10.2. The number of nitrogens with one attached hydrogen (secondary N) is 2. The van der Waals surface area contributed by atoms with Crippen LogP contribution in [0.3, 0.4) is 0 Å². The van der Waals surface area contributed by atoms with Crippen LogP contribution in [0.4, 0.5) is 0 Å². The standard InChI is InChI=1S/C11H20N4O2/c1-14-4-6-15(7-5-14)3-2-12-9-8-10(16)13-11(9)17/h9,12H,2-8H2,1H3,(H,13,16,17). The molecule has 2 amide bonds. The molecular weight excluding hydrogens is 220 g/mol. The molecule has 17 heavy (non-hydrogen) atoms. The van der Waals surface area contributed by atoms with E-state index in [4.69, 9.17) is 0 Å². The lowest BCUT2D eigenvalue weighted by atomic mass is 10.2. The molecule has 1 unspecified atom stereocenters. The SMILES string of the molecule is CN1CCN(CCNC2CC(=O)NC2=O)CC1. The summed E-state index contributed by atoms with van der Waals surface area (Å²) in [4.78, 5) is 27.0. The topological polar surface area (TPSA) is 64.7 Å². The molecule has 0 radical (unpaired) electrons. The molecule has 0 bridgehead atoms. The summed E-state index contributed by atoms with van der Waals surface area (Å²) in [5.74, 6) is -0.361. The van der Waals surface area contributed by atoms with Crippen molar-refractivity contribution < 1.29 is 9.59 Å². The fraction of sp³-hybridized carbons (Fsp3) is 0.818. The number of carbonyl (C=O) groups excluding carboxylic acids is 2. The van der Waals surface area contributed by atoms with Crippen LogP contribution in [-0.2, 0) is 9.59 Å². The van der Waals surface area contributed by atoms with Crippen molar-refractivity contribution in [3.63, 3.8) is 0 Å². The first kappa shape index (κ1) is 12.5. The van der Waals surface area contributed by atoms with Crippen molar-refractivity contribution in [2.45, 2.75) is 12.5 Å². The maximum atomic E-state index is 11.3. The van der Waals surface area contributed by atoms with Gasteiger partial charge in [-0.05, 0) is 7.05 Å². The number of amides is 2. The highest BCUT2D eigenvalue weighted by Crippen LogP contribution is 2.01. The Balaban J connectivity index is 1.63. The van der Waals surface area contributed by atoms with Gasteiger partial charge in [0.25, 0.3) is 0 Å². The van der Waals surface area contributed by atoms with Crippen LogP contribution in [0.1, 0.15) is 6.42 Å². The average molecular weight is 240 g/mol. The minimum Gasteiger partial charge on any atom is -0.304 e. The second-order valence-electron chi connectivity index (χ2n) is 4.77. The monoisotopic (exact) mass is 240 g/mol. The van der Waals surface area contributed by atoms with Gasteiger partial charge in [0.1, 0.15) is 0 Å². The van der Waals surface area contributed by atoms with E-state index in [-0.39, 0.29) is 24.3 Å². The molecule has 0 aromatic rings. The number of hydrogen-bond acceptors (Lipinski definition) is 5. The van der Waals surface area contributed by atoms with Crippen molar-refractivity contribution in [3.05, 3.63) is 0 Å². The van der Waals surface area contributed by atoms with Crippen molar-refractivity contribution in [1.29, 1.82) is 0 Å². The van der Waals surface area contributed by atoms with Gasteiger partial charge >= 0.3 is 0 Å². The Labute approximate surface area is 101 Å². The van der Waals surface area contributed by atoms with Crippen LogP contribution in [0.5, 0.6) is 0 Å². The lowest BCUT2D eigenvalue weighted by Gasteiger charge is -2.32. The van der Waals surface area contributed by atoms with Crippen LogP contribution in [0.25, 0.3) is 0 Å². The van der Waals surface area contributed by atoms with Gasteiger partial charge in [0.2, 0.25) is 11.8 Å². The van der Waals surface area contributed by atoms with Crippen molar-refractivity contribution in [3.8, 4) is 0 Å². The van der Waals surface area contributed by atoms with Crippen LogP contribution in [-0.4, -0.2) is 74.0 Å². The summed E-state index contributed by atoms with van der Waals surface area (Å²) < 4.78 is 0. The Morgan fingerprint density at radius 2 is 2.00 bits per heavy atom. The van der Waals surface area contributed by atoms with Gasteiger partial charge in [0, 0.05) is 39.3 Å². The Hall–Kier alpha value is -0.980. The lowest BCUT2D eigenvalue weighted by Crippen LogP contribution is -2.48. The van der Waals surface area contributed by atoms with Gasteiger partial charge in [0.05, 0.1) is 12.5 Å². The van der Waals surface area contributed by atoms with E-state index in [1.165, 1.54) is 0 Å². The Bertz CT molecular complexity index is 300. The minimum absolute atomic E-state index is 0.174. The molecule has 0 spiro atoms. The molecule has 0 aromatic heterocycles. The van der Waals surface area contributed by atoms with Gasteiger partial charge in [-0.3, -0.25) is 19.8 Å². The van der Waals surface area contributed by atoms with E-state index < -0.39 is 0 Å². The number of imide groups is 1. The first-order chi connectivity index (χ1) is 8.15. The molecule has 0 saturated carbocycles. The third-order valence-electron chi connectivity index (χ3n) is 3.38. The van der Waals surface area contributed by atoms with Gasteiger partial charge in [-0.1, -0.05) is 0 Å². The van der Waals surface area contributed by atoms with E-state index in [0.29, 0.717) is 0 Å². The molecule has 2 aliphatic heterocycles. The maximum Gasteiger partial charge on any atom is 0.244 e. The van der Waals surface area contributed by atoms with E-state index >= 15 is 0 Å². The highest BCUT2D eigenvalue weighted by molar-refractivity contribution is 6.05. The first-order valence-corrected chi connectivity index (χ1v) is 6.13. The Kier molecular flexibility index (Phi) is 4.09. The van der Waals surface area contributed by atoms with Crippen LogP contribution in [0.2, 0.25) is 0 Å². The number of carbonyl (C=O) groups is 2. The molecule has 2 heterocycles. The highest BCUT2D eigenvalue weighted by Gasteiger charge is 2.29. The van der Waals surface area contributed by atoms with Gasteiger partial charge in [-0.15, -0.1) is 0 Å². The summed E-state index contributed by atoms with van der Waals surface area (Å²) in [7, 11) is 2.13. The number of likely N-dealkylation sites (N-methyl/N-ethyl adjacent to an activating group) is 1. The molecule has 2 rings (SSSR count). The third-order valence-corrected chi connectivity index (χ3v) is 3.38. The van der Waals surface area contributed by atoms with Gasteiger partial charge in [-0.2, -0.15) is 0 Å². The fourth-order valence-electron chi connectivity index (χ4n) is 2.19. The van der Waals surface area contributed by atoms with Crippen LogP contribution in [0, 0.1) is 0 Å². The molecular formula is C11H20N4O2. The first-order valence-electron chi connectivity index (χ1n) is 6.13. The average Bonchev–Trinajstić information content (AvgIpc) is 2.60. The predicted molar refractivity (Wildman–Crippen MR) is 63.5 cm³/mol. The Morgan fingerprint density at radius 1 is 1.29 bits per heavy atom. The van der Waals surface area contributed by atoms with Crippen molar-refractivity contribution in [2.75, 3.05) is 46.3 Å². The molecule has 2 saturated heterocycles. The van der Waals surface area contributed by atoms with Gasteiger partial charge in [-0.25, -0.2) is 0 Å². The minimum atomic E-state index is -0.324. The van der Waals surface area contributed by atoms with Crippen LogP contribution < -0.4 is 10.6 Å². The number of piperazine rings is 1. The molecule has 2 fully saturated rings. The van der Waals surface area contributed by atoms with Crippen LogP contribution >= 0.6 is 0 Å². The molecule has 0 aliphatic carbocycles. The van der Waals surface area contributed by atoms with E-state index in [2.05, 4.69) is 27.5 Å². The number of hydrogen-bond donors (Lipinski definition) is 2. The number of nitrogens with zero attached hydrogens (tertiary/aromatic N) is 2. The zero-order chi connectivity index (χ0) is 12.3. The molecule has 2 N–H and O–H groups in total. The van der Waals surface area contributed by atoms with E-state index in [0.717, 1.165) is 39.3 Å². The molecule has 96 valence electrons. The zero-order valence-electron chi connectivity index (χ0n) is 10.2. The summed E-state index contributed by atoms with van der Waals surface area (Å²) in [6.45, 7) is 6.05. The van der Waals surface area contributed by atoms with E-state index in [9.17, 15) is 9.59 Å². The fourth-order valence-corrected chi connectivity index (χ4v) is 2.19. The smallest absolute Gasteiger partial charge is 0.244 e. The summed E-state index contributed by atoms with van der Waals surface area (Å²) in [5.41, 5.74) is 0. The van der Waals surface area contributed by atoms with Crippen molar-refractivity contribution >= 4 is 11.8 Å².